The lowest BCUT2D eigenvalue weighted by molar-refractivity contribution is 0.872. The molecule has 0 bridgehead atoms. The predicted molar refractivity (Wildman–Crippen MR) is 86.2 cm³/mol. The second-order valence-corrected chi connectivity index (χ2v) is 5.89. The zero-order valence-corrected chi connectivity index (χ0v) is 13.1. The predicted octanol–water partition coefficient (Wildman–Crippen LogP) is 4.92. The SMILES string of the molecule is Cc1cccc(-c2cnn(-c3ccc(Br)cc3C)c2)c1. The molecule has 0 amide bonds. The monoisotopic (exact) mass is 326 g/mol. The summed E-state index contributed by atoms with van der Waals surface area (Å²) in [5, 5.41) is 4.48. The third-order valence-corrected chi connectivity index (χ3v) is 3.83. The standard InChI is InChI=1S/C17H15BrN2/c1-12-4-3-5-14(8-12)15-10-19-20(11-15)17-7-6-16(18)9-13(17)2/h3-11H,1-2H3. The summed E-state index contributed by atoms with van der Waals surface area (Å²) in [6.07, 6.45) is 3.99. The summed E-state index contributed by atoms with van der Waals surface area (Å²) >= 11 is 3.49. The first-order chi connectivity index (χ1) is 9.63. The lowest BCUT2D eigenvalue weighted by Gasteiger charge is -2.06. The van der Waals surface area contributed by atoms with E-state index in [2.05, 4.69) is 77.5 Å². The van der Waals surface area contributed by atoms with Crippen LogP contribution in [-0.4, -0.2) is 9.78 Å². The van der Waals surface area contributed by atoms with Gasteiger partial charge in [0, 0.05) is 16.2 Å². The molecule has 0 aliphatic carbocycles. The summed E-state index contributed by atoms with van der Waals surface area (Å²) in [7, 11) is 0. The molecule has 20 heavy (non-hydrogen) atoms. The highest BCUT2D eigenvalue weighted by Gasteiger charge is 2.06. The topological polar surface area (TPSA) is 17.8 Å². The zero-order valence-electron chi connectivity index (χ0n) is 11.5. The molecule has 3 aromatic rings. The smallest absolute Gasteiger partial charge is 0.0675 e. The Morgan fingerprint density at radius 1 is 1.00 bits per heavy atom. The van der Waals surface area contributed by atoms with E-state index in [1.807, 2.05) is 16.9 Å². The van der Waals surface area contributed by atoms with E-state index >= 15 is 0 Å². The highest BCUT2D eigenvalue weighted by molar-refractivity contribution is 9.10. The fourth-order valence-corrected chi connectivity index (χ4v) is 2.78. The average molecular weight is 327 g/mol. The molecule has 0 spiro atoms. The van der Waals surface area contributed by atoms with Crippen molar-refractivity contribution in [1.29, 1.82) is 0 Å². The van der Waals surface area contributed by atoms with Crippen LogP contribution in [-0.2, 0) is 0 Å². The van der Waals surface area contributed by atoms with Crippen LogP contribution < -0.4 is 0 Å². The van der Waals surface area contributed by atoms with E-state index in [0.717, 1.165) is 15.7 Å². The van der Waals surface area contributed by atoms with Gasteiger partial charge in [-0.2, -0.15) is 5.10 Å². The van der Waals surface area contributed by atoms with Crippen LogP contribution in [0.25, 0.3) is 16.8 Å². The zero-order chi connectivity index (χ0) is 14.1. The van der Waals surface area contributed by atoms with Crippen molar-refractivity contribution in [3.8, 4) is 16.8 Å². The van der Waals surface area contributed by atoms with E-state index in [4.69, 9.17) is 0 Å². The molecule has 2 nitrogen and oxygen atoms in total. The highest BCUT2D eigenvalue weighted by Crippen LogP contribution is 2.23. The van der Waals surface area contributed by atoms with Crippen LogP contribution in [0.5, 0.6) is 0 Å². The Bertz CT molecular complexity index is 759. The molecular weight excluding hydrogens is 312 g/mol. The highest BCUT2D eigenvalue weighted by atomic mass is 79.9. The van der Waals surface area contributed by atoms with Gasteiger partial charge in [0.05, 0.1) is 11.9 Å². The second kappa shape index (κ2) is 5.25. The Labute approximate surface area is 127 Å². The summed E-state index contributed by atoms with van der Waals surface area (Å²) < 4.78 is 3.02. The number of halogens is 1. The van der Waals surface area contributed by atoms with Crippen molar-refractivity contribution in [3.05, 3.63) is 70.5 Å². The number of benzene rings is 2. The maximum atomic E-state index is 4.48. The van der Waals surface area contributed by atoms with E-state index in [-0.39, 0.29) is 0 Å². The molecule has 1 heterocycles. The largest absolute Gasteiger partial charge is 0.240 e. The van der Waals surface area contributed by atoms with Gasteiger partial charge in [0.25, 0.3) is 0 Å². The van der Waals surface area contributed by atoms with E-state index < -0.39 is 0 Å². The van der Waals surface area contributed by atoms with Gasteiger partial charge in [-0.25, -0.2) is 4.68 Å². The lowest BCUT2D eigenvalue weighted by atomic mass is 10.1. The minimum atomic E-state index is 1.09. The number of nitrogens with zero attached hydrogens (tertiary/aromatic N) is 2. The molecule has 1 aromatic heterocycles. The second-order valence-electron chi connectivity index (χ2n) is 4.97. The minimum Gasteiger partial charge on any atom is -0.240 e. The molecule has 0 aliphatic heterocycles. The maximum Gasteiger partial charge on any atom is 0.0675 e. The third kappa shape index (κ3) is 2.54. The van der Waals surface area contributed by atoms with E-state index in [1.165, 1.54) is 16.7 Å². The summed E-state index contributed by atoms with van der Waals surface area (Å²) in [6.45, 7) is 4.20. The van der Waals surface area contributed by atoms with Crippen molar-refractivity contribution in [3.63, 3.8) is 0 Å². The lowest BCUT2D eigenvalue weighted by Crippen LogP contribution is -1.96. The molecule has 3 rings (SSSR count). The first kappa shape index (κ1) is 13.1. The van der Waals surface area contributed by atoms with Crippen molar-refractivity contribution in [2.75, 3.05) is 0 Å². The molecule has 0 saturated carbocycles. The maximum absolute atomic E-state index is 4.48. The van der Waals surface area contributed by atoms with Gasteiger partial charge in [-0.3, -0.25) is 0 Å². The quantitative estimate of drug-likeness (QED) is 0.653. The summed E-state index contributed by atoms with van der Waals surface area (Å²) in [4.78, 5) is 0. The summed E-state index contributed by atoms with van der Waals surface area (Å²) in [5.74, 6) is 0. The summed E-state index contributed by atoms with van der Waals surface area (Å²) in [5.41, 5.74) is 5.89. The minimum absolute atomic E-state index is 1.09. The molecule has 0 fully saturated rings. The third-order valence-electron chi connectivity index (χ3n) is 3.34. The first-order valence-corrected chi connectivity index (χ1v) is 7.31. The Morgan fingerprint density at radius 2 is 1.85 bits per heavy atom. The van der Waals surface area contributed by atoms with Crippen molar-refractivity contribution >= 4 is 15.9 Å². The van der Waals surface area contributed by atoms with Gasteiger partial charge in [0.15, 0.2) is 0 Å². The van der Waals surface area contributed by atoms with Gasteiger partial charge in [-0.1, -0.05) is 45.8 Å². The van der Waals surface area contributed by atoms with Crippen molar-refractivity contribution < 1.29 is 0 Å². The molecule has 3 heteroatoms. The van der Waals surface area contributed by atoms with E-state index in [0.29, 0.717) is 0 Å². The molecule has 0 saturated heterocycles. The normalized spacial score (nSPS) is 10.8. The van der Waals surface area contributed by atoms with Crippen LogP contribution in [0.1, 0.15) is 11.1 Å². The fourth-order valence-electron chi connectivity index (χ4n) is 2.30. The van der Waals surface area contributed by atoms with Gasteiger partial charge in [0.1, 0.15) is 0 Å². The molecule has 2 aromatic carbocycles. The average Bonchev–Trinajstić information content (AvgIpc) is 2.88. The summed E-state index contributed by atoms with van der Waals surface area (Å²) in [6, 6.07) is 14.7. The van der Waals surface area contributed by atoms with Gasteiger partial charge < -0.3 is 0 Å². The van der Waals surface area contributed by atoms with Crippen LogP contribution in [0.15, 0.2) is 59.3 Å². The van der Waals surface area contributed by atoms with Crippen LogP contribution in [0, 0.1) is 13.8 Å². The van der Waals surface area contributed by atoms with Gasteiger partial charge in [0.2, 0.25) is 0 Å². The van der Waals surface area contributed by atoms with Crippen molar-refractivity contribution in [1.82, 2.24) is 9.78 Å². The molecule has 0 aliphatic rings. The van der Waals surface area contributed by atoms with Crippen LogP contribution >= 0.6 is 15.9 Å². The number of aromatic nitrogens is 2. The molecule has 0 unspecified atom stereocenters. The van der Waals surface area contributed by atoms with Crippen LogP contribution in [0.2, 0.25) is 0 Å². The molecule has 0 N–H and O–H groups in total. The number of hydrogen-bond acceptors (Lipinski definition) is 1. The Hall–Kier alpha value is -1.87. The molecule has 0 radical (unpaired) electrons. The van der Waals surface area contributed by atoms with E-state index in [1.54, 1.807) is 0 Å². The molecular formula is C17H15BrN2. The molecule has 0 atom stereocenters. The van der Waals surface area contributed by atoms with Crippen LogP contribution in [0.3, 0.4) is 0 Å². The Balaban J connectivity index is 2.02. The van der Waals surface area contributed by atoms with Crippen molar-refractivity contribution in [2.24, 2.45) is 0 Å². The van der Waals surface area contributed by atoms with Crippen molar-refractivity contribution in [2.45, 2.75) is 13.8 Å². The number of hydrogen-bond donors (Lipinski definition) is 0. The van der Waals surface area contributed by atoms with Gasteiger partial charge in [-0.15, -0.1) is 0 Å². The van der Waals surface area contributed by atoms with Crippen LogP contribution in [0.4, 0.5) is 0 Å². The number of aryl methyl sites for hydroxylation is 2. The first-order valence-electron chi connectivity index (χ1n) is 6.52. The Kier molecular flexibility index (Phi) is 3.45. The number of rotatable bonds is 2. The van der Waals surface area contributed by atoms with E-state index in [9.17, 15) is 0 Å². The fraction of sp³-hybridized carbons (Fsp3) is 0.118. The van der Waals surface area contributed by atoms with Gasteiger partial charge in [-0.05, 0) is 43.2 Å². The molecule has 100 valence electrons. The van der Waals surface area contributed by atoms with Gasteiger partial charge >= 0.3 is 0 Å². The Morgan fingerprint density at radius 3 is 2.60 bits per heavy atom.